The molecule has 100 valence electrons. The maximum Gasteiger partial charge on any atom is 0.190 e. The van der Waals surface area contributed by atoms with E-state index < -0.39 is 5.79 Å². The van der Waals surface area contributed by atoms with E-state index in [9.17, 15) is 0 Å². The highest BCUT2D eigenvalue weighted by Gasteiger charge is 2.61. The van der Waals surface area contributed by atoms with Gasteiger partial charge in [-0.3, -0.25) is 0 Å². The van der Waals surface area contributed by atoms with Crippen molar-refractivity contribution in [2.75, 3.05) is 6.54 Å². The van der Waals surface area contributed by atoms with Crippen LogP contribution in [0.1, 0.15) is 20.8 Å². The van der Waals surface area contributed by atoms with Crippen LogP contribution in [0.3, 0.4) is 0 Å². The fourth-order valence-corrected chi connectivity index (χ4v) is 3.59. The smallest absolute Gasteiger partial charge is 0.190 e. The van der Waals surface area contributed by atoms with Gasteiger partial charge < -0.3 is 23.8 Å². The number of thiocarbonyl (C=S) groups is 1. The van der Waals surface area contributed by atoms with Crippen molar-refractivity contribution in [3.63, 3.8) is 0 Å². The Morgan fingerprint density at radius 2 is 2.00 bits per heavy atom. The summed E-state index contributed by atoms with van der Waals surface area (Å²) in [5.74, 6) is -0.267. The van der Waals surface area contributed by atoms with E-state index in [0.717, 1.165) is 11.5 Å². The van der Waals surface area contributed by atoms with Crippen LogP contribution in [0.4, 0.5) is 0 Å². The number of nitrogens with zero attached hydrogens (tertiary/aromatic N) is 1. The van der Waals surface area contributed by atoms with E-state index >= 15 is 0 Å². The second-order valence-corrected chi connectivity index (χ2v) is 6.33. The van der Waals surface area contributed by atoms with Gasteiger partial charge in [0.1, 0.15) is 24.5 Å². The van der Waals surface area contributed by atoms with Crippen molar-refractivity contribution in [3.05, 3.63) is 0 Å². The van der Waals surface area contributed by atoms with Gasteiger partial charge in [-0.2, -0.15) is 0 Å². The van der Waals surface area contributed by atoms with Crippen LogP contribution in [0.5, 0.6) is 0 Å². The van der Waals surface area contributed by atoms with Crippen molar-refractivity contribution in [1.29, 1.82) is 0 Å². The summed E-state index contributed by atoms with van der Waals surface area (Å²) in [5.41, 5.74) is 0. The highest BCUT2D eigenvalue weighted by atomic mass is 32.1. The topological polar surface area (TPSA) is 40.2 Å². The molecule has 0 bridgehead atoms. The quantitative estimate of drug-likeness (QED) is 0.609. The molecule has 0 aromatic heterocycles. The van der Waals surface area contributed by atoms with Gasteiger partial charge >= 0.3 is 0 Å². The van der Waals surface area contributed by atoms with Crippen molar-refractivity contribution in [3.8, 4) is 0 Å². The molecule has 0 amide bonds. The first-order valence-electron chi connectivity index (χ1n) is 6.43. The number of hydrogen-bond donors (Lipinski definition) is 0. The van der Waals surface area contributed by atoms with E-state index in [1.807, 2.05) is 13.8 Å². The van der Waals surface area contributed by atoms with Crippen molar-refractivity contribution in [1.82, 2.24) is 4.90 Å². The van der Waals surface area contributed by atoms with Crippen LogP contribution < -0.4 is 0 Å². The van der Waals surface area contributed by atoms with E-state index in [1.54, 1.807) is 0 Å². The SMILES string of the molecule is C[C@H]1C(=S)N2C[C@H]3O[C@@H]4OC(C)(C)O[C@@H]4[C@H]3O[C@H]12. The lowest BCUT2D eigenvalue weighted by molar-refractivity contribution is -0.253. The maximum absolute atomic E-state index is 6.11. The number of rotatable bonds is 0. The van der Waals surface area contributed by atoms with Crippen LogP contribution in [0.15, 0.2) is 0 Å². The molecule has 4 saturated heterocycles. The van der Waals surface area contributed by atoms with Crippen molar-refractivity contribution in [2.24, 2.45) is 5.92 Å². The second-order valence-electron chi connectivity index (χ2n) is 5.91. The summed E-state index contributed by atoms with van der Waals surface area (Å²) < 4.78 is 23.6. The van der Waals surface area contributed by atoms with Gasteiger partial charge in [-0.05, 0) is 13.8 Å². The zero-order chi connectivity index (χ0) is 12.7. The minimum Gasteiger partial charge on any atom is -0.349 e. The molecule has 0 saturated carbocycles. The third-order valence-corrected chi connectivity index (χ3v) is 4.77. The molecule has 4 aliphatic heterocycles. The first-order valence-corrected chi connectivity index (χ1v) is 6.84. The molecule has 0 aromatic carbocycles. The average Bonchev–Trinajstić information content (AvgIpc) is 2.78. The summed E-state index contributed by atoms with van der Waals surface area (Å²) in [4.78, 5) is 3.08. The molecule has 18 heavy (non-hydrogen) atoms. The van der Waals surface area contributed by atoms with Crippen LogP contribution in [0, 0.1) is 5.92 Å². The Labute approximate surface area is 111 Å². The van der Waals surface area contributed by atoms with Crippen LogP contribution >= 0.6 is 12.2 Å². The van der Waals surface area contributed by atoms with E-state index in [4.69, 9.17) is 31.2 Å². The third-order valence-electron chi connectivity index (χ3n) is 4.17. The van der Waals surface area contributed by atoms with Gasteiger partial charge in [0.25, 0.3) is 0 Å². The summed E-state index contributed by atoms with van der Waals surface area (Å²) >= 11 is 5.33. The molecule has 4 fully saturated rings. The Hall–Kier alpha value is -0.270. The molecular formula is C12H17NO4S. The second kappa shape index (κ2) is 3.43. The fourth-order valence-electron chi connectivity index (χ4n) is 3.30. The average molecular weight is 271 g/mol. The Kier molecular flexibility index (Phi) is 2.20. The minimum absolute atomic E-state index is 0.00204. The van der Waals surface area contributed by atoms with Gasteiger partial charge in [0, 0.05) is 6.54 Å². The molecule has 4 heterocycles. The Morgan fingerprint density at radius 1 is 1.22 bits per heavy atom. The zero-order valence-electron chi connectivity index (χ0n) is 10.7. The van der Waals surface area contributed by atoms with Gasteiger partial charge in [0.2, 0.25) is 0 Å². The van der Waals surface area contributed by atoms with Crippen LogP contribution in [0.2, 0.25) is 0 Å². The molecule has 0 unspecified atom stereocenters. The summed E-state index contributed by atoms with van der Waals surface area (Å²) in [5, 5.41) is 0. The zero-order valence-corrected chi connectivity index (χ0v) is 11.5. The molecule has 0 spiro atoms. The van der Waals surface area contributed by atoms with Crippen LogP contribution in [0.25, 0.3) is 0 Å². The Balaban J connectivity index is 1.55. The molecule has 4 aliphatic rings. The highest BCUT2D eigenvalue weighted by molar-refractivity contribution is 7.80. The van der Waals surface area contributed by atoms with Gasteiger partial charge in [-0.25, -0.2) is 0 Å². The van der Waals surface area contributed by atoms with E-state index in [0.29, 0.717) is 5.92 Å². The molecule has 6 heteroatoms. The van der Waals surface area contributed by atoms with Gasteiger partial charge in [-0.1, -0.05) is 19.1 Å². The number of ether oxygens (including phenoxy) is 4. The molecule has 0 aromatic rings. The minimum atomic E-state index is -0.582. The fraction of sp³-hybridized carbons (Fsp3) is 0.917. The molecule has 6 atom stereocenters. The predicted octanol–water partition coefficient (Wildman–Crippen LogP) is 0.867. The predicted molar refractivity (Wildman–Crippen MR) is 65.8 cm³/mol. The third kappa shape index (κ3) is 1.38. The molecule has 5 nitrogen and oxygen atoms in total. The molecular weight excluding hydrogens is 254 g/mol. The van der Waals surface area contributed by atoms with Crippen LogP contribution in [-0.4, -0.2) is 53.1 Å². The normalized spacial score (nSPS) is 52.6. The molecule has 0 aliphatic carbocycles. The summed E-state index contributed by atoms with van der Waals surface area (Å²) in [6, 6.07) is 0. The molecule has 0 radical (unpaired) electrons. The van der Waals surface area contributed by atoms with Crippen LogP contribution in [-0.2, 0) is 18.9 Å². The molecule has 0 N–H and O–H groups in total. The summed E-state index contributed by atoms with van der Waals surface area (Å²) in [7, 11) is 0. The molecule has 4 rings (SSSR count). The summed E-state index contributed by atoms with van der Waals surface area (Å²) in [6.45, 7) is 6.70. The van der Waals surface area contributed by atoms with E-state index in [1.165, 1.54) is 0 Å². The number of hydrogen-bond acceptors (Lipinski definition) is 5. The maximum atomic E-state index is 6.11. The standard InChI is InChI=1S/C12H17NO4S/c1-5-9-13(10(5)18)4-6-7(15-9)8-11(14-6)17-12(2,3)16-8/h5-9,11H,4H2,1-3H3/t5-,6-,7+,8-,9-,11-/m1/s1. The lowest BCUT2D eigenvalue weighted by atomic mass is 9.94. The van der Waals surface area contributed by atoms with E-state index in [2.05, 4.69) is 11.8 Å². The lowest BCUT2D eigenvalue weighted by Crippen LogP contribution is -2.68. The van der Waals surface area contributed by atoms with Crippen molar-refractivity contribution >= 4 is 17.2 Å². The first kappa shape index (κ1) is 11.5. The van der Waals surface area contributed by atoms with Crippen molar-refractivity contribution in [2.45, 2.75) is 57.4 Å². The highest BCUT2D eigenvalue weighted by Crippen LogP contribution is 2.44. The van der Waals surface area contributed by atoms with Gasteiger partial charge in [0.15, 0.2) is 12.1 Å². The Morgan fingerprint density at radius 3 is 2.78 bits per heavy atom. The Bertz CT molecular complexity index is 415. The summed E-state index contributed by atoms with van der Waals surface area (Å²) in [6.07, 6.45) is -0.374. The number of fused-ring (bicyclic) bond motifs is 4. The van der Waals surface area contributed by atoms with Gasteiger partial charge in [-0.15, -0.1) is 0 Å². The first-order chi connectivity index (χ1) is 8.46. The lowest BCUT2D eigenvalue weighted by Gasteiger charge is -2.53. The van der Waals surface area contributed by atoms with Crippen molar-refractivity contribution < 1.29 is 18.9 Å². The van der Waals surface area contributed by atoms with Gasteiger partial charge in [0.05, 0.1) is 10.9 Å². The van der Waals surface area contributed by atoms with E-state index in [-0.39, 0.29) is 30.8 Å². The largest absolute Gasteiger partial charge is 0.349 e. The monoisotopic (exact) mass is 271 g/mol.